The van der Waals surface area contributed by atoms with Crippen LogP contribution in [-0.4, -0.2) is 97.3 Å². The number of fused-ring (bicyclic) bond motifs is 1. The van der Waals surface area contributed by atoms with Gasteiger partial charge in [0, 0.05) is 6.92 Å². The summed E-state index contributed by atoms with van der Waals surface area (Å²) in [5, 5.41) is 37.1. The molecule has 14 heteroatoms. The van der Waals surface area contributed by atoms with Gasteiger partial charge in [-0.15, -0.1) is 0 Å². The SMILES string of the molecule is COC(=O)c1nc(N[C@H](CO)Cc2ccccc2)c2ncn([C@@H]3C[C@H](NC(=O)COC(C)=O)[C@@H](O)[C@H]3O)c2n1. The van der Waals surface area contributed by atoms with Crippen LogP contribution in [0.5, 0.6) is 0 Å². The number of nitrogens with zero attached hydrogens (tertiary/aromatic N) is 4. The normalized spacial score (nSPS) is 21.4. The lowest BCUT2D eigenvalue weighted by Gasteiger charge is -2.19. The molecule has 39 heavy (non-hydrogen) atoms. The van der Waals surface area contributed by atoms with E-state index in [0.717, 1.165) is 5.56 Å². The zero-order valence-electron chi connectivity index (χ0n) is 21.4. The molecule has 1 amide bonds. The molecule has 208 valence electrons. The molecule has 1 aromatic carbocycles. The smallest absolute Gasteiger partial charge is 0.376 e. The Morgan fingerprint density at radius 2 is 1.90 bits per heavy atom. The van der Waals surface area contributed by atoms with Gasteiger partial charge in [0.15, 0.2) is 18.1 Å². The van der Waals surface area contributed by atoms with E-state index in [1.165, 1.54) is 24.9 Å². The highest BCUT2D eigenvalue weighted by molar-refractivity contribution is 5.91. The largest absolute Gasteiger partial charge is 0.463 e. The van der Waals surface area contributed by atoms with Crippen molar-refractivity contribution in [2.24, 2.45) is 0 Å². The number of methoxy groups -OCH3 is 1. The first kappa shape index (κ1) is 27.9. The van der Waals surface area contributed by atoms with Crippen molar-refractivity contribution in [3.05, 3.63) is 48.0 Å². The van der Waals surface area contributed by atoms with Crippen LogP contribution in [0.1, 0.15) is 35.6 Å². The first-order valence-electron chi connectivity index (χ1n) is 12.2. The number of imidazole rings is 1. The Hall–Kier alpha value is -4.14. The Morgan fingerprint density at radius 1 is 1.15 bits per heavy atom. The minimum atomic E-state index is -1.34. The highest BCUT2D eigenvalue weighted by Gasteiger charge is 2.44. The molecule has 1 aliphatic carbocycles. The second kappa shape index (κ2) is 12.1. The maximum atomic E-state index is 12.4. The molecule has 14 nitrogen and oxygen atoms in total. The number of esters is 2. The minimum absolute atomic E-state index is 0.0905. The summed E-state index contributed by atoms with van der Waals surface area (Å²) in [5.74, 6) is -2.16. The Balaban J connectivity index is 1.63. The summed E-state index contributed by atoms with van der Waals surface area (Å²) in [6.45, 7) is 0.406. The van der Waals surface area contributed by atoms with Crippen LogP contribution in [0.3, 0.4) is 0 Å². The Morgan fingerprint density at radius 3 is 2.56 bits per heavy atom. The van der Waals surface area contributed by atoms with Gasteiger partial charge in [0.05, 0.1) is 38.2 Å². The zero-order valence-corrected chi connectivity index (χ0v) is 21.4. The van der Waals surface area contributed by atoms with E-state index in [4.69, 9.17) is 4.74 Å². The predicted octanol–water partition coefficient (Wildman–Crippen LogP) is -0.657. The fourth-order valence-corrected chi connectivity index (χ4v) is 4.54. The lowest BCUT2D eigenvalue weighted by molar-refractivity contribution is -0.146. The van der Waals surface area contributed by atoms with Crippen LogP contribution in [0.2, 0.25) is 0 Å². The van der Waals surface area contributed by atoms with E-state index in [9.17, 15) is 29.7 Å². The number of hydrogen-bond acceptors (Lipinski definition) is 12. The molecule has 3 aromatic rings. The van der Waals surface area contributed by atoms with E-state index in [1.54, 1.807) is 0 Å². The van der Waals surface area contributed by atoms with Crippen molar-refractivity contribution < 1.29 is 39.2 Å². The molecule has 0 radical (unpaired) electrons. The fraction of sp³-hybridized carbons (Fsp3) is 0.440. The summed E-state index contributed by atoms with van der Waals surface area (Å²) < 4.78 is 11.0. The molecule has 1 fully saturated rings. The van der Waals surface area contributed by atoms with Gasteiger partial charge in [-0.25, -0.2) is 19.7 Å². The lowest BCUT2D eigenvalue weighted by Crippen LogP contribution is -2.44. The number of ether oxygens (including phenoxy) is 2. The quantitative estimate of drug-likeness (QED) is 0.203. The number of hydrogen-bond donors (Lipinski definition) is 5. The van der Waals surface area contributed by atoms with Crippen molar-refractivity contribution in [3.8, 4) is 0 Å². The number of rotatable bonds is 10. The summed E-state index contributed by atoms with van der Waals surface area (Å²) in [7, 11) is 1.19. The van der Waals surface area contributed by atoms with E-state index >= 15 is 0 Å². The molecular formula is C25H30N6O8. The van der Waals surface area contributed by atoms with Gasteiger partial charge in [0.2, 0.25) is 5.82 Å². The Kier molecular flexibility index (Phi) is 8.69. The van der Waals surface area contributed by atoms with Gasteiger partial charge in [0.25, 0.3) is 5.91 Å². The van der Waals surface area contributed by atoms with Crippen LogP contribution in [-0.2, 0) is 25.5 Å². The molecule has 1 saturated carbocycles. The summed E-state index contributed by atoms with van der Waals surface area (Å²) in [6.07, 6.45) is -0.719. The van der Waals surface area contributed by atoms with Crippen molar-refractivity contribution in [2.45, 2.75) is 50.1 Å². The van der Waals surface area contributed by atoms with E-state index in [1.807, 2.05) is 30.3 Å². The van der Waals surface area contributed by atoms with E-state index in [-0.39, 0.29) is 35.8 Å². The summed E-state index contributed by atoms with van der Waals surface area (Å²) >= 11 is 0. The predicted molar refractivity (Wildman–Crippen MR) is 136 cm³/mol. The topological polar surface area (TPSA) is 198 Å². The average molecular weight is 543 g/mol. The van der Waals surface area contributed by atoms with Gasteiger partial charge < -0.3 is 40.0 Å². The Bertz CT molecular complexity index is 1330. The first-order valence-corrected chi connectivity index (χ1v) is 12.2. The maximum Gasteiger partial charge on any atom is 0.376 e. The number of carbonyl (C=O) groups is 3. The second-order valence-electron chi connectivity index (χ2n) is 9.16. The van der Waals surface area contributed by atoms with Gasteiger partial charge in [0.1, 0.15) is 17.7 Å². The molecule has 0 aliphatic heterocycles. The number of anilines is 1. The van der Waals surface area contributed by atoms with Crippen LogP contribution in [0.25, 0.3) is 11.2 Å². The van der Waals surface area contributed by atoms with E-state index in [2.05, 4.69) is 30.3 Å². The third-order valence-electron chi connectivity index (χ3n) is 6.44. The van der Waals surface area contributed by atoms with Crippen LogP contribution >= 0.6 is 0 Å². The van der Waals surface area contributed by atoms with Crippen molar-refractivity contribution >= 4 is 34.8 Å². The number of aliphatic hydroxyl groups excluding tert-OH is 3. The van der Waals surface area contributed by atoms with Crippen molar-refractivity contribution in [1.29, 1.82) is 0 Å². The molecule has 0 spiro atoms. The number of amides is 1. The lowest BCUT2D eigenvalue weighted by atomic mass is 10.1. The summed E-state index contributed by atoms with van der Waals surface area (Å²) in [6, 6.07) is 7.39. The number of carbonyl (C=O) groups excluding carboxylic acids is 3. The standard InChI is InChI=1S/C25H30N6O8/c1-13(33)39-11-18(34)28-16-9-17(21(36)20(16)35)31-12-26-19-22(29-23(25(37)38-2)30-24(19)31)27-15(10-32)8-14-6-4-3-5-7-14/h3-7,12,15-17,20-21,32,35-36H,8-11H2,1-2H3,(H,28,34)(H,27,29,30)/t15-,16-,17+,20+,21-/m0/s1. The molecule has 0 bridgehead atoms. The van der Waals surface area contributed by atoms with Crippen LogP contribution in [0.4, 0.5) is 5.82 Å². The van der Waals surface area contributed by atoms with Crippen molar-refractivity contribution in [2.75, 3.05) is 25.6 Å². The molecule has 4 rings (SSSR count). The van der Waals surface area contributed by atoms with Gasteiger partial charge >= 0.3 is 11.9 Å². The zero-order chi connectivity index (χ0) is 28.1. The number of benzene rings is 1. The van der Waals surface area contributed by atoms with E-state index < -0.39 is 54.8 Å². The molecule has 0 saturated heterocycles. The van der Waals surface area contributed by atoms with Crippen molar-refractivity contribution in [3.63, 3.8) is 0 Å². The van der Waals surface area contributed by atoms with Crippen LogP contribution in [0.15, 0.2) is 36.7 Å². The minimum Gasteiger partial charge on any atom is -0.463 e. The summed E-state index contributed by atoms with van der Waals surface area (Å²) in [4.78, 5) is 48.4. The molecule has 0 unspecified atom stereocenters. The first-order chi connectivity index (χ1) is 18.7. The highest BCUT2D eigenvalue weighted by Crippen LogP contribution is 2.34. The van der Waals surface area contributed by atoms with Gasteiger partial charge in [-0.2, -0.15) is 0 Å². The molecular weight excluding hydrogens is 512 g/mol. The van der Waals surface area contributed by atoms with Gasteiger partial charge in [-0.3, -0.25) is 9.59 Å². The number of aromatic nitrogens is 4. The maximum absolute atomic E-state index is 12.4. The van der Waals surface area contributed by atoms with Crippen LogP contribution in [0, 0.1) is 0 Å². The number of nitrogens with one attached hydrogen (secondary N) is 2. The second-order valence-corrected chi connectivity index (χ2v) is 9.16. The highest BCUT2D eigenvalue weighted by atomic mass is 16.5. The fourth-order valence-electron chi connectivity index (χ4n) is 4.54. The molecule has 2 aromatic heterocycles. The van der Waals surface area contributed by atoms with Gasteiger partial charge in [-0.1, -0.05) is 30.3 Å². The average Bonchev–Trinajstić information content (AvgIpc) is 3.48. The van der Waals surface area contributed by atoms with Crippen molar-refractivity contribution in [1.82, 2.24) is 24.8 Å². The summed E-state index contributed by atoms with van der Waals surface area (Å²) in [5.41, 5.74) is 1.41. The molecule has 2 heterocycles. The van der Waals surface area contributed by atoms with Gasteiger partial charge in [-0.05, 0) is 18.4 Å². The molecule has 1 aliphatic rings. The number of aliphatic hydroxyl groups is 3. The molecule has 5 N–H and O–H groups in total. The third-order valence-corrected chi connectivity index (χ3v) is 6.44. The van der Waals surface area contributed by atoms with Crippen LogP contribution < -0.4 is 10.6 Å². The van der Waals surface area contributed by atoms with E-state index in [0.29, 0.717) is 6.42 Å². The third kappa shape index (κ3) is 6.30. The monoisotopic (exact) mass is 542 g/mol. The Labute approximate surface area is 223 Å². The molecule has 5 atom stereocenters.